The molecule has 132 valence electrons. The Kier molecular flexibility index (Phi) is 6.59. The first-order valence-corrected chi connectivity index (χ1v) is 8.12. The smallest absolute Gasteiger partial charge is 0.315 e. The second kappa shape index (κ2) is 8.89. The molecule has 2 rings (SSSR count). The van der Waals surface area contributed by atoms with Gasteiger partial charge in [-0.1, -0.05) is 29.8 Å². The van der Waals surface area contributed by atoms with Crippen molar-refractivity contribution in [1.29, 1.82) is 0 Å². The van der Waals surface area contributed by atoms with Gasteiger partial charge in [0.1, 0.15) is 0 Å². The van der Waals surface area contributed by atoms with Gasteiger partial charge in [0.25, 0.3) is 5.69 Å². The van der Waals surface area contributed by atoms with E-state index < -0.39 is 4.92 Å². The molecule has 0 aliphatic heterocycles. The predicted octanol–water partition coefficient (Wildman–Crippen LogP) is 3.72. The lowest BCUT2D eigenvalue weighted by atomic mass is 10.1. The molecule has 7 nitrogen and oxygen atoms in total. The number of nitrogens with zero attached hydrogens (tertiary/aromatic N) is 1. The first-order valence-electron chi connectivity index (χ1n) is 7.74. The number of urea groups is 1. The Morgan fingerprint density at radius 2 is 1.84 bits per heavy atom. The predicted molar refractivity (Wildman–Crippen MR) is 98.0 cm³/mol. The summed E-state index contributed by atoms with van der Waals surface area (Å²) in [6.07, 6.45) is 0. The van der Waals surface area contributed by atoms with Gasteiger partial charge in [-0.3, -0.25) is 10.1 Å². The molecule has 0 aliphatic carbocycles. The van der Waals surface area contributed by atoms with Crippen molar-refractivity contribution >= 4 is 29.0 Å². The van der Waals surface area contributed by atoms with Gasteiger partial charge in [-0.05, 0) is 30.7 Å². The van der Waals surface area contributed by atoms with E-state index in [1.807, 2.05) is 25.1 Å². The van der Waals surface area contributed by atoms with Crippen LogP contribution in [0.1, 0.15) is 18.5 Å². The Bertz CT molecular complexity index is 737. The van der Waals surface area contributed by atoms with Gasteiger partial charge in [-0.25, -0.2) is 4.79 Å². The molecule has 1 atom stereocenters. The summed E-state index contributed by atoms with van der Waals surface area (Å²) in [5.74, 6) is 0. The Morgan fingerprint density at radius 1 is 1.16 bits per heavy atom. The number of nitro benzene ring substituents is 1. The SMILES string of the molecule is C[C@H](NC(=O)NCCNc1ccc([N+](=O)[O-])cc1)c1ccccc1Cl. The van der Waals surface area contributed by atoms with Gasteiger partial charge in [0, 0.05) is 35.9 Å². The quantitative estimate of drug-likeness (QED) is 0.397. The van der Waals surface area contributed by atoms with Gasteiger partial charge in [-0.2, -0.15) is 0 Å². The van der Waals surface area contributed by atoms with Crippen LogP contribution >= 0.6 is 11.6 Å². The number of benzene rings is 2. The summed E-state index contributed by atoms with van der Waals surface area (Å²) in [4.78, 5) is 22.0. The summed E-state index contributed by atoms with van der Waals surface area (Å²) in [7, 11) is 0. The number of non-ortho nitro benzene ring substituents is 1. The fraction of sp³-hybridized carbons (Fsp3) is 0.235. The number of hydrogen-bond donors (Lipinski definition) is 3. The molecule has 2 amide bonds. The zero-order chi connectivity index (χ0) is 18.2. The van der Waals surface area contributed by atoms with Crippen molar-refractivity contribution in [2.75, 3.05) is 18.4 Å². The van der Waals surface area contributed by atoms with Crippen LogP contribution in [0, 0.1) is 10.1 Å². The number of halogens is 1. The molecule has 2 aromatic rings. The highest BCUT2D eigenvalue weighted by Crippen LogP contribution is 2.21. The number of anilines is 1. The molecule has 2 aromatic carbocycles. The van der Waals surface area contributed by atoms with Gasteiger partial charge in [0.05, 0.1) is 11.0 Å². The van der Waals surface area contributed by atoms with Gasteiger partial charge >= 0.3 is 6.03 Å². The van der Waals surface area contributed by atoms with E-state index in [0.29, 0.717) is 18.1 Å². The van der Waals surface area contributed by atoms with Crippen molar-refractivity contribution in [3.8, 4) is 0 Å². The van der Waals surface area contributed by atoms with Crippen molar-refractivity contribution in [1.82, 2.24) is 10.6 Å². The Hall–Kier alpha value is -2.80. The molecule has 0 unspecified atom stereocenters. The van der Waals surface area contributed by atoms with Gasteiger partial charge < -0.3 is 16.0 Å². The van der Waals surface area contributed by atoms with E-state index in [-0.39, 0.29) is 17.8 Å². The molecule has 0 bridgehead atoms. The molecule has 3 N–H and O–H groups in total. The molecule has 0 fully saturated rings. The maximum atomic E-state index is 11.9. The largest absolute Gasteiger partial charge is 0.383 e. The number of rotatable bonds is 7. The lowest BCUT2D eigenvalue weighted by Gasteiger charge is -2.16. The van der Waals surface area contributed by atoms with E-state index in [2.05, 4.69) is 16.0 Å². The number of amides is 2. The van der Waals surface area contributed by atoms with Crippen LogP contribution in [0.3, 0.4) is 0 Å². The number of carbonyl (C=O) groups is 1. The average molecular weight is 363 g/mol. The number of nitro groups is 1. The molecule has 0 aliphatic rings. The highest BCUT2D eigenvalue weighted by molar-refractivity contribution is 6.31. The first kappa shape index (κ1) is 18.5. The summed E-state index contributed by atoms with van der Waals surface area (Å²) in [6, 6.07) is 12.9. The lowest BCUT2D eigenvalue weighted by Crippen LogP contribution is -2.39. The van der Waals surface area contributed by atoms with E-state index in [4.69, 9.17) is 11.6 Å². The van der Waals surface area contributed by atoms with Crippen LogP contribution in [0.15, 0.2) is 48.5 Å². The fourth-order valence-electron chi connectivity index (χ4n) is 2.24. The van der Waals surface area contributed by atoms with Gasteiger partial charge in [-0.15, -0.1) is 0 Å². The molecule has 0 heterocycles. The highest BCUT2D eigenvalue weighted by atomic mass is 35.5. The van der Waals surface area contributed by atoms with Crippen LogP contribution in [0.25, 0.3) is 0 Å². The second-order valence-electron chi connectivity index (χ2n) is 5.37. The number of carbonyl (C=O) groups excluding carboxylic acids is 1. The van der Waals surface area contributed by atoms with Crippen LogP contribution < -0.4 is 16.0 Å². The van der Waals surface area contributed by atoms with Crippen molar-refractivity contribution in [3.05, 3.63) is 69.2 Å². The molecule has 0 aromatic heterocycles. The fourth-order valence-corrected chi connectivity index (χ4v) is 2.53. The monoisotopic (exact) mass is 362 g/mol. The van der Waals surface area contributed by atoms with Crippen LogP contribution in [-0.4, -0.2) is 24.0 Å². The molecule has 25 heavy (non-hydrogen) atoms. The summed E-state index contributed by atoms with van der Waals surface area (Å²) in [5, 5.41) is 19.8. The Morgan fingerprint density at radius 3 is 2.48 bits per heavy atom. The standard InChI is InChI=1S/C17H19ClN4O3/c1-12(15-4-2-3-5-16(15)18)21-17(23)20-11-10-19-13-6-8-14(9-7-13)22(24)25/h2-9,12,19H,10-11H2,1H3,(H2,20,21,23)/t12-/m0/s1. The minimum Gasteiger partial charge on any atom is -0.383 e. The van der Waals surface area contributed by atoms with Crippen LogP contribution in [-0.2, 0) is 0 Å². The zero-order valence-electron chi connectivity index (χ0n) is 13.7. The van der Waals surface area contributed by atoms with E-state index in [1.165, 1.54) is 12.1 Å². The third kappa shape index (κ3) is 5.65. The molecule has 0 saturated heterocycles. The summed E-state index contributed by atoms with van der Waals surface area (Å²) in [5.41, 5.74) is 1.64. The van der Waals surface area contributed by atoms with Crippen molar-refractivity contribution in [2.24, 2.45) is 0 Å². The molecular formula is C17H19ClN4O3. The van der Waals surface area contributed by atoms with Gasteiger partial charge in [0.15, 0.2) is 0 Å². The van der Waals surface area contributed by atoms with Crippen LogP contribution in [0.2, 0.25) is 5.02 Å². The average Bonchev–Trinajstić information content (AvgIpc) is 2.59. The van der Waals surface area contributed by atoms with E-state index >= 15 is 0 Å². The molecule has 0 saturated carbocycles. The van der Waals surface area contributed by atoms with Crippen molar-refractivity contribution < 1.29 is 9.72 Å². The third-order valence-electron chi connectivity index (χ3n) is 3.54. The summed E-state index contributed by atoms with van der Waals surface area (Å²) in [6.45, 7) is 2.75. The van der Waals surface area contributed by atoms with E-state index in [9.17, 15) is 14.9 Å². The summed E-state index contributed by atoms with van der Waals surface area (Å²) < 4.78 is 0. The number of nitrogens with one attached hydrogen (secondary N) is 3. The molecular weight excluding hydrogens is 344 g/mol. The Balaban J connectivity index is 1.71. The van der Waals surface area contributed by atoms with Crippen LogP contribution in [0.4, 0.5) is 16.2 Å². The maximum Gasteiger partial charge on any atom is 0.315 e. The molecule has 8 heteroatoms. The van der Waals surface area contributed by atoms with E-state index in [1.54, 1.807) is 18.2 Å². The van der Waals surface area contributed by atoms with Crippen molar-refractivity contribution in [3.63, 3.8) is 0 Å². The summed E-state index contributed by atoms with van der Waals surface area (Å²) >= 11 is 6.10. The minimum atomic E-state index is -0.449. The normalized spacial score (nSPS) is 11.4. The third-order valence-corrected chi connectivity index (χ3v) is 3.88. The highest BCUT2D eigenvalue weighted by Gasteiger charge is 2.11. The van der Waals surface area contributed by atoms with Crippen molar-refractivity contribution in [2.45, 2.75) is 13.0 Å². The minimum absolute atomic E-state index is 0.0385. The first-order chi connectivity index (χ1) is 12.0. The van der Waals surface area contributed by atoms with Gasteiger partial charge in [0.2, 0.25) is 0 Å². The maximum absolute atomic E-state index is 11.9. The van der Waals surface area contributed by atoms with Crippen LogP contribution in [0.5, 0.6) is 0 Å². The molecule has 0 radical (unpaired) electrons. The molecule has 0 spiro atoms. The lowest BCUT2D eigenvalue weighted by molar-refractivity contribution is -0.384. The number of hydrogen-bond acceptors (Lipinski definition) is 4. The second-order valence-corrected chi connectivity index (χ2v) is 5.78. The topological polar surface area (TPSA) is 96.3 Å². The van der Waals surface area contributed by atoms with E-state index in [0.717, 1.165) is 11.3 Å². The zero-order valence-corrected chi connectivity index (χ0v) is 14.4. The Labute approximate surface area is 150 Å².